The number of amides is 1. The Labute approximate surface area is 230 Å². The Bertz CT molecular complexity index is 1490. The van der Waals surface area contributed by atoms with E-state index in [2.05, 4.69) is 20.3 Å². The number of aryl methyl sites for hydroxylation is 1. The lowest BCUT2D eigenvalue weighted by molar-refractivity contribution is -0.137. The van der Waals surface area contributed by atoms with Gasteiger partial charge < -0.3 is 10.1 Å². The van der Waals surface area contributed by atoms with Gasteiger partial charge in [0, 0.05) is 41.7 Å². The first-order valence-corrected chi connectivity index (χ1v) is 13.2. The number of carbonyl (C=O) groups is 1. The number of benzene rings is 2. The van der Waals surface area contributed by atoms with Crippen LogP contribution in [-0.4, -0.2) is 27.5 Å². The van der Waals surface area contributed by atoms with E-state index in [0.717, 1.165) is 65.9 Å². The average Bonchev–Trinajstić information content (AvgIpc) is 3.47. The van der Waals surface area contributed by atoms with Crippen LogP contribution < -0.4 is 10.1 Å². The predicted molar refractivity (Wildman–Crippen MR) is 146 cm³/mol. The van der Waals surface area contributed by atoms with Crippen molar-refractivity contribution in [2.45, 2.75) is 45.2 Å². The lowest BCUT2D eigenvalue weighted by Crippen LogP contribution is -2.15. The van der Waals surface area contributed by atoms with Gasteiger partial charge in [0.2, 0.25) is 0 Å². The Morgan fingerprint density at radius 1 is 1.02 bits per heavy atom. The lowest BCUT2D eigenvalue weighted by Gasteiger charge is -2.16. The van der Waals surface area contributed by atoms with E-state index in [9.17, 15) is 18.0 Å². The van der Waals surface area contributed by atoms with Gasteiger partial charge in [-0.25, -0.2) is 9.97 Å². The highest BCUT2D eigenvalue weighted by molar-refractivity contribution is 6.04. The highest BCUT2D eigenvalue weighted by atomic mass is 19.4. The number of carbonyl (C=O) groups excluding carboxylic acids is 1. The molecule has 0 aliphatic heterocycles. The molecule has 1 saturated carbocycles. The third kappa shape index (κ3) is 6.65. The van der Waals surface area contributed by atoms with Gasteiger partial charge in [0.25, 0.3) is 5.91 Å². The standard InChI is InChI=1S/C31H29F3N4O2/c1-20-8-9-22(13-23(20)14-29-27(7-4-11-36-29)28-10-12-35-19-37-28)30(39)38-25-15-24(31(32,33)34)16-26(17-25)40-18-21-5-2-3-6-21/h4,7-13,15-17,19,21H,2-3,5-6,14,18H2,1H3,(H,38,39). The largest absolute Gasteiger partial charge is 0.493 e. The summed E-state index contributed by atoms with van der Waals surface area (Å²) in [6.07, 6.45) is 4.94. The molecule has 1 fully saturated rings. The third-order valence-corrected chi connectivity index (χ3v) is 7.17. The maximum atomic E-state index is 13.6. The fourth-order valence-electron chi connectivity index (χ4n) is 4.96. The molecule has 0 radical (unpaired) electrons. The molecule has 1 aliphatic rings. The number of nitrogens with one attached hydrogen (secondary N) is 1. The van der Waals surface area contributed by atoms with E-state index in [-0.39, 0.29) is 11.4 Å². The van der Waals surface area contributed by atoms with Gasteiger partial charge in [-0.3, -0.25) is 9.78 Å². The molecule has 1 aliphatic carbocycles. The van der Waals surface area contributed by atoms with Crippen LogP contribution in [0.1, 0.15) is 58.4 Å². The zero-order valence-electron chi connectivity index (χ0n) is 22.0. The molecule has 2 aromatic carbocycles. The summed E-state index contributed by atoms with van der Waals surface area (Å²) in [6, 6.07) is 14.1. The number of halogens is 3. The fourth-order valence-corrected chi connectivity index (χ4v) is 4.96. The summed E-state index contributed by atoms with van der Waals surface area (Å²) >= 11 is 0. The van der Waals surface area contributed by atoms with Crippen LogP contribution in [0.2, 0.25) is 0 Å². The van der Waals surface area contributed by atoms with Crippen molar-refractivity contribution >= 4 is 11.6 Å². The minimum absolute atomic E-state index is 0.0270. The highest BCUT2D eigenvalue weighted by Crippen LogP contribution is 2.35. The second-order valence-corrected chi connectivity index (χ2v) is 10.1. The van der Waals surface area contributed by atoms with E-state index in [1.165, 1.54) is 12.4 Å². The Hall–Kier alpha value is -4.27. The number of aromatic nitrogens is 3. The van der Waals surface area contributed by atoms with Gasteiger partial charge in [0.1, 0.15) is 12.1 Å². The van der Waals surface area contributed by atoms with Gasteiger partial charge in [0.15, 0.2) is 0 Å². The Morgan fingerprint density at radius 3 is 2.60 bits per heavy atom. The summed E-state index contributed by atoms with van der Waals surface area (Å²) in [7, 11) is 0. The molecule has 206 valence electrons. The van der Waals surface area contributed by atoms with Crippen LogP contribution in [0.3, 0.4) is 0 Å². The third-order valence-electron chi connectivity index (χ3n) is 7.17. The number of hydrogen-bond acceptors (Lipinski definition) is 5. The zero-order valence-corrected chi connectivity index (χ0v) is 22.0. The van der Waals surface area contributed by atoms with Crippen LogP contribution >= 0.6 is 0 Å². The summed E-state index contributed by atoms with van der Waals surface area (Å²) in [5, 5.41) is 2.64. The molecule has 6 nitrogen and oxygen atoms in total. The topological polar surface area (TPSA) is 77.0 Å². The van der Waals surface area contributed by atoms with E-state index < -0.39 is 17.6 Å². The molecule has 1 amide bonds. The molecule has 2 aromatic heterocycles. The number of rotatable bonds is 8. The van der Waals surface area contributed by atoms with Crippen molar-refractivity contribution in [1.29, 1.82) is 0 Å². The highest BCUT2D eigenvalue weighted by Gasteiger charge is 2.32. The molecule has 0 atom stereocenters. The summed E-state index contributed by atoms with van der Waals surface area (Å²) in [4.78, 5) is 26.0. The maximum Gasteiger partial charge on any atom is 0.416 e. The van der Waals surface area contributed by atoms with E-state index >= 15 is 0 Å². The van der Waals surface area contributed by atoms with Gasteiger partial charge >= 0.3 is 6.18 Å². The minimum atomic E-state index is -4.58. The van der Waals surface area contributed by atoms with Crippen molar-refractivity contribution in [3.63, 3.8) is 0 Å². The van der Waals surface area contributed by atoms with Gasteiger partial charge in [-0.05, 0) is 79.3 Å². The van der Waals surface area contributed by atoms with Gasteiger partial charge in [-0.2, -0.15) is 13.2 Å². The smallest absolute Gasteiger partial charge is 0.416 e. The second kappa shape index (κ2) is 11.9. The van der Waals surface area contributed by atoms with Crippen LogP contribution in [0.4, 0.5) is 18.9 Å². The van der Waals surface area contributed by atoms with E-state index in [1.54, 1.807) is 30.6 Å². The number of pyridine rings is 1. The molecule has 9 heteroatoms. The summed E-state index contributed by atoms with van der Waals surface area (Å²) in [5.41, 5.74) is 3.68. The van der Waals surface area contributed by atoms with E-state index in [0.29, 0.717) is 24.5 Å². The molecule has 5 rings (SSSR count). The molecule has 2 heterocycles. The summed E-state index contributed by atoms with van der Waals surface area (Å²) in [6.45, 7) is 2.30. The van der Waals surface area contributed by atoms with Crippen molar-refractivity contribution < 1.29 is 22.7 Å². The van der Waals surface area contributed by atoms with Crippen LogP contribution in [0.25, 0.3) is 11.3 Å². The second-order valence-electron chi connectivity index (χ2n) is 10.1. The zero-order chi connectivity index (χ0) is 28.1. The van der Waals surface area contributed by atoms with Crippen LogP contribution in [0.5, 0.6) is 5.75 Å². The van der Waals surface area contributed by atoms with E-state index in [4.69, 9.17) is 4.74 Å². The van der Waals surface area contributed by atoms with Crippen molar-refractivity contribution in [2.75, 3.05) is 11.9 Å². The Kier molecular flexibility index (Phi) is 8.09. The quantitative estimate of drug-likeness (QED) is 0.251. The SMILES string of the molecule is Cc1ccc(C(=O)Nc2cc(OCC3CCCC3)cc(C(F)(F)F)c2)cc1Cc1ncccc1-c1ccncn1. The van der Waals surface area contributed by atoms with Gasteiger partial charge in [-0.1, -0.05) is 18.9 Å². The van der Waals surface area contributed by atoms with Crippen LogP contribution in [0, 0.1) is 12.8 Å². The van der Waals surface area contributed by atoms with Gasteiger partial charge in [-0.15, -0.1) is 0 Å². The first-order valence-electron chi connectivity index (χ1n) is 13.2. The van der Waals surface area contributed by atoms with Crippen LogP contribution in [0.15, 0.2) is 73.3 Å². The molecule has 0 unspecified atom stereocenters. The predicted octanol–water partition coefficient (Wildman–Crippen LogP) is 7.28. The Morgan fingerprint density at radius 2 is 1.85 bits per heavy atom. The van der Waals surface area contributed by atoms with Gasteiger partial charge in [0.05, 0.1) is 23.6 Å². The number of nitrogens with zero attached hydrogens (tertiary/aromatic N) is 3. The Balaban J connectivity index is 1.37. The number of ether oxygens (including phenoxy) is 1. The number of anilines is 1. The molecule has 1 N–H and O–H groups in total. The molecular weight excluding hydrogens is 517 g/mol. The first-order chi connectivity index (χ1) is 19.3. The van der Waals surface area contributed by atoms with Crippen molar-refractivity contribution in [2.24, 2.45) is 5.92 Å². The summed E-state index contributed by atoms with van der Waals surface area (Å²) < 4.78 is 46.6. The molecule has 0 bridgehead atoms. The lowest BCUT2D eigenvalue weighted by atomic mass is 9.97. The van der Waals surface area contributed by atoms with Crippen molar-refractivity contribution in [3.05, 3.63) is 101 Å². The average molecular weight is 547 g/mol. The maximum absolute atomic E-state index is 13.6. The number of hydrogen-bond donors (Lipinski definition) is 1. The molecule has 0 saturated heterocycles. The van der Waals surface area contributed by atoms with E-state index in [1.807, 2.05) is 25.1 Å². The molecule has 0 spiro atoms. The number of alkyl halides is 3. The minimum Gasteiger partial charge on any atom is -0.493 e. The normalized spacial score (nSPS) is 13.8. The summed E-state index contributed by atoms with van der Waals surface area (Å²) in [5.74, 6) is -0.0825. The first kappa shape index (κ1) is 27.3. The monoisotopic (exact) mass is 546 g/mol. The molecule has 4 aromatic rings. The van der Waals surface area contributed by atoms with Crippen LogP contribution in [-0.2, 0) is 12.6 Å². The van der Waals surface area contributed by atoms with Crippen molar-refractivity contribution in [1.82, 2.24) is 15.0 Å². The molecular formula is C31H29F3N4O2. The fraction of sp³-hybridized carbons (Fsp3) is 0.290. The van der Waals surface area contributed by atoms with Crippen molar-refractivity contribution in [3.8, 4) is 17.0 Å². The molecule has 40 heavy (non-hydrogen) atoms.